The zero-order valence-electron chi connectivity index (χ0n) is 71.9. The van der Waals surface area contributed by atoms with Gasteiger partial charge in [0.2, 0.25) is 0 Å². The van der Waals surface area contributed by atoms with Gasteiger partial charge in [-0.25, -0.2) is 45.5 Å². The van der Waals surface area contributed by atoms with Crippen LogP contribution in [0.1, 0.15) is 119 Å². The summed E-state index contributed by atoms with van der Waals surface area (Å²) in [7, 11) is 3.64. The number of carboxylic acids is 1. The first-order valence-electron chi connectivity index (χ1n) is 39.7. The first-order chi connectivity index (χ1) is 61.3. The molecule has 3 aromatic heterocycles. The zero-order valence-corrected chi connectivity index (χ0v) is 73.9. The SMILES string of the molecule is COc1cccc(-c2c(C)n(Cc3c(F)cccc3C(F)(F)F)c(=O)n(C[C@H](N)c3ccccc3)c2=O)c1F.COc1cccc(-c2c(C)n(Cc3c(F)cccc3C(F)(F)F)c(=O)n(C[C@H](NC(=O)OC(C)(C)C)c3ccccc3)c2=O)c1F.COc1cccc(-c2c(C)n(Cc3c(F)cccc3C(F)(F)F)c(=O)n(C[C@H](NCCCC(=O)[O-])c3ccccc3)c2=O)c1F.[Na+]. The van der Waals surface area contributed by atoms with Gasteiger partial charge in [0, 0.05) is 62.5 Å². The van der Waals surface area contributed by atoms with Crippen molar-refractivity contribution in [3.63, 3.8) is 0 Å². The number of carboxylic acid groups (broad SMARTS) is 1. The van der Waals surface area contributed by atoms with Gasteiger partial charge in [0.15, 0.2) is 34.7 Å². The van der Waals surface area contributed by atoms with E-state index in [0.717, 1.165) is 59.2 Å². The molecule has 0 saturated carbocycles. The van der Waals surface area contributed by atoms with Crippen LogP contribution >= 0.6 is 0 Å². The molecule has 686 valence electrons. The Kier molecular flexibility index (Phi) is 33.5. The second kappa shape index (κ2) is 43.2. The second-order valence-corrected chi connectivity index (χ2v) is 30.5. The molecular weight excluding hydrogens is 1760 g/mol. The van der Waals surface area contributed by atoms with Crippen molar-refractivity contribution in [2.24, 2.45) is 5.73 Å². The predicted molar refractivity (Wildman–Crippen MR) is 450 cm³/mol. The molecule has 38 heteroatoms. The van der Waals surface area contributed by atoms with E-state index in [4.69, 9.17) is 24.7 Å². The summed E-state index contributed by atoms with van der Waals surface area (Å²) in [5, 5.41) is 16.6. The van der Waals surface area contributed by atoms with E-state index in [9.17, 15) is 96.1 Å². The Hall–Kier alpha value is -13.0. The van der Waals surface area contributed by atoms with Gasteiger partial charge >= 0.3 is 71.2 Å². The Morgan fingerprint density at radius 2 is 0.702 bits per heavy atom. The van der Waals surface area contributed by atoms with Gasteiger partial charge in [0.25, 0.3) is 16.7 Å². The molecule has 3 heterocycles. The number of aliphatic carboxylic acids is 1. The Labute approximate surface area is 759 Å². The molecule has 22 nitrogen and oxygen atoms in total. The molecule has 0 saturated heterocycles. The molecule has 3 atom stereocenters. The molecule has 0 aliphatic heterocycles. The van der Waals surface area contributed by atoms with E-state index < -0.39 is 183 Å². The quantitative estimate of drug-likeness (QED) is 0.0245. The number of carbonyl (C=O) groups excluding carboxylic acids is 2. The summed E-state index contributed by atoms with van der Waals surface area (Å²) in [4.78, 5) is 107. The number of amides is 1. The van der Waals surface area contributed by atoms with E-state index in [1.165, 1.54) is 96.7 Å². The van der Waals surface area contributed by atoms with Crippen LogP contribution in [0.5, 0.6) is 17.2 Å². The van der Waals surface area contributed by atoms with E-state index in [-0.39, 0.29) is 130 Å². The van der Waals surface area contributed by atoms with E-state index >= 15 is 13.2 Å². The number of hydrogen-bond donors (Lipinski definition) is 3. The molecule has 0 spiro atoms. The Balaban J connectivity index is 0.000000221. The monoisotopic (exact) mass is 1840 g/mol. The molecule has 0 fully saturated rings. The van der Waals surface area contributed by atoms with Crippen LogP contribution < -0.4 is 99.0 Å². The van der Waals surface area contributed by atoms with Crippen molar-refractivity contribution in [3.8, 4) is 50.6 Å². The van der Waals surface area contributed by atoms with E-state index in [1.54, 1.807) is 112 Å². The summed E-state index contributed by atoms with van der Waals surface area (Å²) < 4.78 is 241. The predicted octanol–water partition coefficient (Wildman–Crippen LogP) is 12.8. The van der Waals surface area contributed by atoms with Crippen LogP contribution in [0.3, 0.4) is 0 Å². The molecule has 0 aliphatic rings. The molecule has 1 amide bonds. The number of alkyl halides is 9. The van der Waals surface area contributed by atoms with Crippen molar-refractivity contribution in [2.45, 2.75) is 136 Å². The molecule has 0 radical (unpaired) electrons. The van der Waals surface area contributed by atoms with Crippen molar-refractivity contribution >= 4 is 12.1 Å². The van der Waals surface area contributed by atoms with E-state index in [2.05, 4.69) is 10.6 Å². The number of hydrogen-bond acceptors (Lipinski definition) is 15. The van der Waals surface area contributed by atoms with Crippen molar-refractivity contribution in [1.29, 1.82) is 0 Å². The average molecular weight is 1840 g/mol. The van der Waals surface area contributed by atoms with Crippen molar-refractivity contribution in [1.82, 2.24) is 38.0 Å². The van der Waals surface area contributed by atoms with Gasteiger partial charge in [-0.05, 0) is 132 Å². The van der Waals surface area contributed by atoms with Crippen LogP contribution in [0.15, 0.2) is 229 Å². The van der Waals surface area contributed by atoms with Crippen LogP contribution in [-0.4, -0.2) is 72.9 Å². The van der Waals surface area contributed by atoms with Gasteiger partial charge in [0.1, 0.15) is 23.1 Å². The van der Waals surface area contributed by atoms with E-state index in [1.807, 2.05) is 0 Å². The number of aromatic nitrogens is 6. The third-order valence-corrected chi connectivity index (χ3v) is 21.0. The summed E-state index contributed by atoms with van der Waals surface area (Å²) in [5.74, 6) is -8.37. The number of rotatable bonds is 27. The number of nitrogens with two attached hydrogens (primary N) is 1. The van der Waals surface area contributed by atoms with Crippen LogP contribution in [-0.2, 0) is 67.3 Å². The fraction of sp³-hybridized carbons (Fsp3) is 0.269. The third kappa shape index (κ3) is 23.8. The molecule has 12 rings (SSSR count). The van der Waals surface area contributed by atoms with Crippen LogP contribution in [0.4, 0.5) is 70.7 Å². The molecule has 0 aliphatic carbocycles. The number of alkyl carbamates (subject to hydrolysis) is 1. The fourth-order valence-electron chi connectivity index (χ4n) is 14.6. The van der Waals surface area contributed by atoms with Crippen LogP contribution in [0.25, 0.3) is 33.4 Å². The standard InChI is InChI=1S/C33H32F5N3O5.C32H30F5N3O5.C28H24F5N3O3.Na/c1-19-27(21-13-9-16-26(45-5)28(21)35)29(42)41(18-25(20-11-7-6-8-12-20)39-30(43)46-32(2,3)4)31(44)40(19)17-22-23(33(36,37)38)14-10-15-24(22)34;1-19-28(21-11-6-14-26(45-2)29(21)34)30(43)40(18-25(20-9-4-3-5-10-20)38-16-8-15-27(41)42)31(44)39(19)17-22-23(32(35,36)37)12-7-13-24(22)33;1-16-24(18-10-6-13-23(39-2)25(18)30)26(37)36(15-22(34)17-8-4-3-5-9-17)27(38)35(16)14-19-20(28(31,32)33)11-7-12-21(19)29;/h6-16,25H,17-18H2,1-5H3,(H,39,43);3-7,9-14,25,38H,8,15-18H2,1-2H3,(H,41,42);3-13,22H,14-15,34H2,1-2H3;/q;;;+1/p-1/t2*25-;22-;/m000./s1. The minimum atomic E-state index is -4.97. The zero-order chi connectivity index (χ0) is 95.3. The Morgan fingerprint density at radius 3 is 1.01 bits per heavy atom. The first-order valence-corrected chi connectivity index (χ1v) is 39.7. The van der Waals surface area contributed by atoms with Crippen molar-refractivity contribution < 1.29 is 129 Å². The minimum Gasteiger partial charge on any atom is -0.550 e. The summed E-state index contributed by atoms with van der Waals surface area (Å²) in [5.41, 5.74) is -7.80. The van der Waals surface area contributed by atoms with Gasteiger partial charge in [0.05, 0.1) is 106 Å². The number of nitrogens with one attached hydrogen (secondary N) is 2. The maximum absolute atomic E-state index is 15.6. The van der Waals surface area contributed by atoms with Gasteiger partial charge < -0.3 is 45.2 Å². The molecule has 0 unspecified atom stereocenters. The number of carbonyl (C=O) groups is 2. The smallest absolute Gasteiger partial charge is 0.550 e. The van der Waals surface area contributed by atoms with E-state index in [0.29, 0.717) is 39.5 Å². The largest absolute Gasteiger partial charge is 1.00 e. The minimum absolute atomic E-state index is 0. The topological polar surface area (TPSA) is 276 Å². The normalized spacial score (nSPS) is 12.3. The van der Waals surface area contributed by atoms with Crippen molar-refractivity contribution in [3.05, 3.63) is 365 Å². The molecule has 9 aromatic carbocycles. The molecule has 12 aromatic rings. The van der Waals surface area contributed by atoms with Gasteiger partial charge in [-0.2, -0.15) is 39.5 Å². The van der Waals surface area contributed by atoms with Gasteiger partial charge in [-0.15, -0.1) is 0 Å². The Bertz CT molecular complexity index is 6540. The van der Waals surface area contributed by atoms with Crippen molar-refractivity contribution in [2.75, 3.05) is 27.9 Å². The maximum atomic E-state index is 15.6. The summed E-state index contributed by atoms with van der Waals surface area (Å²) in [6, 6.07) is 41.8. The number of benzene rings is 9. The number of halogens is 15. The molecule has 131 heavy (non-hydrogen) atoms. The first kappa shape index (κ1) is 102. The maximum Gasteiger partial charge on any atom is 1.00 e. The second-order valence-electron chi connectivity index (χ2n) is 30.5. The molecule has 0 bridgehead atoms. The summed E-state index contributed by atoms with van der Waals surface area (Å²) in [6.07, 6.45) is -15.8. The Morgan fingerprint density at radius 1 is 0.405 bits per heavy atom. The molecule has 4 N–H and O–H groups in total. The number of nitrogens with zero attached hydrogens (tertiary/aromatic N) is 6. The van der Waals surface area contributed by atoms with Gasteiger partial charge in [-0.1, -0.05) is 146 Å². The number of methoxy groups -OCH3 is 3. The number of ether oxygens (including phenoxy) is 4. The fourth-order valence-corrected chi connectivity index (χ4v) is 14.6. The summed E-state index contributed by atoms with van der Waals surface area (Å²) >= 11 is 0. The third-order valence-electron chi connectivity index (χ3n) is 21.0. The van der Waals surface area contributed by atoms with Crippen LogP contribution in [0, 0.1) is 55.7 Å². The van der Waals surface area contributed by atoms with Crippen LogP contribution in [0.2, 0.25) is 0 Å². The average Bonchev–Trinajstić information content (AvgIpc) is 0.770. The molecular formula is C93H85F15N9NaO13. The summed E-state index contributed by atoms with van der Waals surface area (Å²) in [6.45, 7) is 4.84. The van der Waals surface area contributed by atoms with Gasteiger partial charge in [-0.3, -0.25) is 41.8 Å².